The van der Waals surface area contributed by atoms with E-state index < -0.39 is 0 Å². The van der Waals surface area contributed by atoms with Crippen molar-refractivity contribution in [2.45, 2.75) is 19.8 Å². The lowest BCUT2D eigenvalue weighted by molar-refractivity contribution is -0.116. The number of aryl methyl sites for hydroxylation is 1. The van der Waals surface area contributed by atoms with Crippen LogP contribution in [0.5, 0.6) is 0 Å². The molecule has 3 heteroatoms. The van der Waals surface area contributed by atoms with Crippen LogP contribution in [-0.2, 0) is 4.79 Å². The standard InChI is InChI=1S/C12H12BrNO/c1-3-4-5-12(15)14-11-8-10(13)7-6-9(11)2/h1,6-8H,4-5H2,2H3,(H,14,15). The van der Waals surface area contributed by atoms with Gasteiger partial charge in [-0.3, -0.25) is 4.79 Å². The predicted octanol–water partition coefficient (Wildman–Crippen LogP) is 3.11. The van der Waals surface area contributed by atoms with E-state index in [9.17, 15) is 4.79 Å². The van der Waals surface area contributed by atoms with Gasteiger partial charge in [0.1, 0.15) is 0 Å². The van der Waals surface area contributed by atoms with E-state index in [1.54, 1.807) is 0 Å². The molecule has 0 bridgehead atoms. The van der Waals surface area contributed by atoms with Gasteiger partial charge >= 0.3 is 0 Å². The van der Waals surface area contributed by atoms with Crippen LogP contribution in [0, 0.1) is 19.3 Å². The molecule has 0 heterocycles. The van der Waals surface area contributed by atoms with Gasteiger partial charge < -0.3 is 5.32 Å². The number of amides is 1. The number of anilines is 1. The zero-order valence-electron chi connectivity index (χ0n) is 8.51. The molecule has 0 saturated carbocycles. The van der Waals surface area contributed by atoms with Crippen molar-refractivity contribution in [1.29, 1.82) is 0 Å². The quantitative estimate of drug-likeness (QED) is 0.837. The molecule has 0 saturated heterocycles. The van der Waals surface area contributed by atoms with E-state index in [2.05, 4.69) is 27.2 Å². The molecule has 0 radical (unpaired) electrons. The first-order valence-electron chi connectivity index (χ1n) is 4.63. The molecule has 0 aliphatic carbocycles. The van der Waals surface area contributed by atoms with Gasteiger partial charge in [-0.25, -0.2) is 0 Å². The van der Waals surface area contributed by atoms with Gasteiger partial charge in [0.15, 0.2) is 0 Å². The third kappa shape index (κ3) is 3.77. The maximum absolute atomic E-state index is 11.4. The second kappa shape index (κ2) is 5.57. The second-order valence-corrected chi connectivity index (χ2v) is 4.13. The van der Waals surface area contributed by atoms with Crippen LogP contribution in [0.15, 0.2) is 22.7 Å². The minimum Gasteiger partial charge on any atom is -0.326 e. The molecule has 0 unspecified atom stereocenters. The first kappa shape index (κ1) is 11.8. The minimum atomic E-state index is -0.0471. The van der Waals surface area contributed by atoms with Crippen LogP contribution in [0.25, 0.3) is 0 Å². The fraction of sp³-hybridized carbons (Fsp3) is 0.250. The number of rotatable bonds is 3. The summed E-state index contributed by atoms with van der Waals surface area (Å²) < 4.78 is 0.945. The number of halogens is 1. The fourth-order valence-corrected chi connectivity index (χ4v) is 1.49. The number of hydrogen-bond donors (Lipinski definition) is 1. The van der Waals surface area contributed by atoms with E-state index in [4.69, 9.17) is 6.42 Å². The molecular formula is C12H12BrNO. The summed E-state index contributed by atoms with van der Waals surface area (Å²) in [7, 11) is 0. The van der Waals surface area contributed by atoms with Gasteiger partial charge in [-0.15, -0.1) is 12.3 Å². The van der Waals surface area contributed by atoms with Crippen molar-refractivity contribution in [3.8, 4) is 12.3 Å². The van der Waals surface area contributed by atoms with E-state index in [0.29, 0.717) is 12.8 Å². The number of benzene rings is 1. The van der Waals surface area contributed by atoms with Crippen molar-refractivity contribution in [3.63, 3.8) is 0 Å². The Morgan fingerprint density at radius 3 is 3.00 bits per heavy atom. The molecular weight excluding hydrogens is 254 g/mol. The van der Waals surface area contributed by atoms with Crippen LogP contribution in [0.4, 0.5) is 5.69 Å². The summed E-state index contributed by atoms with van der Waals surface area (Å²) in [6.07, 6.45) is 5.92. The number of carbonyl (C=O) groups is 1. The number of nitrogens with one attached hydrogen (secondary N) is 1. The van der Waals surface area contributed by atoms with Crippen LogP contribution >= 0.6 is 15.9 Å². The van der Waals surface area contributed by atoms with Gasteiger partial charge in [-0.05, 0) is 24.6 Å². The molecule has 0 aliphatic rings. The molecule has 1 N–H and O–H groups in total. The minimum absolute atomic E-state index is 0.0471. The normalized spacial score (nSPS) is 9.40. The van der Waals surface area contributed by atoms with Gasteiger partial charge in [0.05, 0.1) is 0 Å². The Kier molecular flexibility index (Phi) is 4.38. The lowest BCUT2D eigenvalue weighted by Gasteiger charge is -2.07. The van der Waals surface area contributed by atoms with Crippen LogP contribution < -0.4 is 5.32 Å². The van der Waals surface area contributed by atoms with Crippen molar-refractivity contribution < 1.29 is 4.79 Å². The smallest absolute Gasteiger partial charge is 0.225 e. The van der Waals surface area contributed by atoms with Crippen LogP contribution in [-0.4, -0.2) is 5.91 Å². The summed E-state index contributed by atoms with van der Waals surface area (Å²) in [5, 5.41) is 2.82. The SMILES string of the molecule is C#CCCC(=O)Nc1cc(Br)ccc1C. The Bertz CT molecular complexity index is 407. The molecule has 1 aromatic rings. The summed E-state index contributed by atoms with van der Waals surface area (Å²) in [5.74, 6) is 2.39. The fourth-order valence-electron chi connectivity index (χ4n) is 1.13. The van der Waals surface area contributed by atoms with Gasteiger partial charge in [-0.2, -0.15) is 0 Å². The molecule has 0 aromatic heterocycles. The van der Waals surface area contributed by atoms with Gasteiger partial charge in [-0.1, -0.05) is 22.0 Å². The maximum atomic E-state index is 11.4. The summed E-state index contributed by atoms with van der Waals surface area (Å²) in [4.78, 5) is 11.4. The highest BCUT2D eigenvalue weighted by molar-refractivity contribution is 9.10. The molecule has 1 amide bonds. The number of hydrogen-bond acceptors (Lipinski definition) is 1. The Morgan fingerprint density at radius 2 is 2.33 bits per heavy atom. The van der Waals surface area contributed by atoms with Gasteiger partial charge in [0.2, 0.25) is 5.91 Å². The van der Waals surface area contributed by atoms with Crippen molar-refractivity contribution in [1.82, 2.24) is 0 Å². The average molecular weight is 266 g/mol. The average Bonchev–Trinajstić information content (AvgIpc) is 2.20. The molecule has 15 heavy (non-hydrogen) atoms. The van der Waals surface area contributed by atoms with E-state index in [1.807, 2.05) is 25.1 Å². The molecule has 2 nitrogen and oxygen atoms in total. The van der Waals surface area contributed by atoms with E-state index >= 15 is 0 Å². The highest BCUT2D eigenvalue weighted by Crippen LogP contribution is 2.20. The second-order valence-electron chi connectivity index (χ2n) is 3.21. The number of terminal acetylenes is 1. The van der Waals surface area contributed by atoms with E-state index in [1.165, 1.54) is 0 Å². The van der Waals surface area contributed by atoms with Crippen LogP contribution in [0.1, 0.15) is 18.4 Å². The molecule has 1 aromatic carbocycles. The number of carbonyl (C=O) groups excluding carboxylic acids is 1. The zero-order chi connectivity index (χ0) is 11.3. The van der Waals surface area contributed by atoms with E-state index in [-0.39, 0.29) is 5.91 Å². The highest BCUT2D eigenvalue weighted by atomic mass is 79.9. The van der Waals surface area contributed by atoms with Crippen molar-refractivity contribution >= 4 is 27.5 Å². The highest BCUT2D eigenvalue weighted by Gasteiger charge is 2.04. The van der Waals surface area contributed by atoms with E-state index in [0.717, 1.165) is 15.7 Å². The molecule has 78 valence electrons. The summed E-state index contributed by atoms with van der Waals surface area (Å²) in [6, 6.07) is 5.76. The molecule has 0 aliphatic heterocycles. The van der Waals surface area contributed by atoms with Crippen molar-refractivity contribution in [2.24, 2.45) is 0 Å². The Morgan fingerprint density at radius 1 is 1.60 bits per heavy atom. The Balaban J connectivity index is 2.68. The monoisotopic (exact) mass is 265 g/mol. The molecule has 0 spiro atoms. The largest absolute Gasteiger partial charge is 0.326 e. The zero-order valence-corrected chi connectivity index (χ0v) is 10.1. The summed E-state index contributed by atoms with van der Waals surface area (Å²) in [5.41, 5.74) is 1.86. The summed E-state index contributed by atoms with van der Waals surface area (Å²) in [6.45, 7) is 1.95. The summed E-state index contributed by atoms with van der Waals surface area (Å²) >= 11 is 3.36. The predicted molar refractivity (Wildman–Crippen MR) is 65.6 cm³/mol. The Hall–Kier alpha value is -1.27. The van der Waals surface area contributed by atoms with Crippen molar-refractivity contribution in [3.05, 3.63) is 28.2 Å². The first-order valence-corrected chi connectivity index (χ1v) is 5.42. The molecule has 0 fully saturated rings. The Labute approximate surface area is 98.2 Å². The van der Waals surface area contributed by atoms with Crippen molar-refractivity contribution in [2.75, 3.05) is 5.32 Å². The topological polar surface area (TPSA) is 29.1 Å². The maximum Gasteiger partial charge on any atom is 0.225 e. The third-order valence-corrected chi connectivity index (χ3v) is 2.46. The lowest BCUT2D eigenvalue weighted by atomic mass is 10.2. The molecule has 1 rings (SSSR count). The first-order chi connectivity index (χ1) is 7.13. The lowest BCUT2D eigenvalue weighted by Crippen LogP contribution is -2.11. The third-order valence-electron chi connectivity index (χ3n) is 1.97. The van der Waals surface area contributed by atoms with Crippen LogP contribution in [0.3, 0.4) is 0 Å². The van der Waals surface area contributed by atoms with Crippen LogP contribution in [0.2, 0.25) is 0 Å². The molecule has 0 atom stereocenters. The van der Waals surface area contributed by atoms with Gasteiger partial charge in [0.25, 0.3) is 0 Å². The van der Waals surface area contributed by atoms with Gasteiger partial charge in [0, 0.05) is 23.0 Å².